The quantitative estimate of drug-likeness (QED) is 0.279. The summed E-state index contributed by atoms with van der Waals surface area (Å²) in [4.78, 5) is 41.6. The average Bonchev–Trinajstić information content (AvgIpc) is 3.89. The zero-order valence-corrected chi connectivity index (χ0v) is 24.1. The van der Waals surface area contributed by atoms with Gasteiger partial charge in [-0.2, -0.15) is 0 Å². The Morgan fingerprint density at radius 1 is 1.02 bits per heavy atom. The predicted molar refractivity (Wildman–Crippen MR) is 152 cm³/mol. The Morgan fingerprint density at radius 3 is 2.32 bits per heavy atom. The summed E-state index contributed by atoms with van der Waals surface area (Å²) in [5, 5.41) is 3.07. The highest BCUT2D eigenvalue weighted by molar-refractivity contribution is 7.91. The Hall–Kier alpha value is -3.84. The van der Waals surface area contributed by atoms with E-state index in [1.54, 1.807) is 37.2 Å². The molecule has 0 saturated heterocycles. The molecule has 0 radical (unpaired) electrons. The summed E-state index contributed by atoms with van der Waals surface area (Å²) in [6.07, 6.45) is 8.95. The molecule has 2 aliphatic carbocycles. The molecule has 2 aliphatic rings. The number of anilines is 1. The van der Waals surface area contributed by atoms with Gasteiger partial charge in [-0.3, -0.25) is 14.3 Å². The molecule has 0 aliphatic heterocycles. The molecule has 0 aromatic carbocycles. The van der Waals surface area contributed by atoms with Gasteiger partial charge in [-0.15, -0.1) is 0 Å². The van der Waals surface area contributed by atoms with Crippen molar-refractivity contribution in [3.8, 4) is 11.4 Å². The van der Waals surface area contributed by atoms with E-state index in [1.807, 2.05) is 6.92 Å². The van der Waals surface area contributed by atoms with Gasteiger partial charge in [-0.1, -0.05) is 6.92 Å². The van der Waals surface area contributed by atoms with Crippen molar-refractivity contribution in [1.82, 2.24) is 34.5 Å². The second-order valence-electron chi connectivity index (χ2n) is 10.7. The lowest BCUT2D eigenvalue weighted by Gasteiger charge is -2.19. The van der Waals surface area contributed by atoms with Gasteiger partial charge in [0.05, 0.1) is 58.7 Å². The average molecular weight is 577 g/mol. The summed E-state index contributed by atoms with van der Waals surface area (Å²) in [5.74, 6) is 1.39. The Labute approximate surface area is 237 Å². The molecule has 0 spiro atoms. The van der Waals surface area contributed by atoms with Crippen molar-refractivity contribution in [3.05, 3.63) is 58.3 Å². The van der Waals surface area contributed by atoms with E-state index in [0.29, 0.717) is 41.1 Å². The number of hydrogen-bond acceptors (Lipinski definition) is 11. The molecule has 12 nitrogen and oxygen atoms in total. The van der Waals surface area contributed by atoms with Crippen molar-refractivity contribution in [3.63, 3.8) is 0 Å². The van der Waals surface area contributed by atoms with Crippen LogP contribution in [0.3, 0.4) is 0 Å². The van der Waals surface area contributed by atoms with Crippen LogP contribution in [-0.4, -0.2) is 62.4 Å². The summed E-state index contributed by atoms with van der Waals surface area (Å²) in [7, 11) is -1.76. The number of hydrogen-bond donors (Lipinski definition) is 1. The minimum absolute atomic E-state index is 0.00262. The van der Waals surface area contributed by atoms with E-state index in [2.05, 4.69) is 25.3 Å². The maximum atomic E-state index is 13.8. The molecule has 1 N–H and O–H groups in total. The Morgan fingerprint density at radius 2 is 1.73 bits per heavy atom. The summed E-state index contributed by atoms with van der Waals surface area (Å²) in [6.45, 7) is 3.95. The number of nitrogens with zero attached hydrogens (tertiary/aromatic N) is 7. The van der Waals surface area contributed by atoms with Crippen LogP contribution in [0, 0.1) is 0 Å². The van der Waals surface area contributed by atoms with Crippen molar-refractivity contribution < 1.29 is 13.2 Å². The third-order valence-corrected chi connectivity index (χ3v) is 9.23. The van der Waals surface area contributed by atoms with Crippen LogP contribution in [0.15, 0.2) is 40.5 Å². The van der Waals surface area contributed by atoms with Gasteiger partial charge in [-0.25, -0.2) is 33.3 Å². The fourth-order valence-corrected chi connectivity index (χ4v) is 5.80. The number of fused-ring (bicyclic) bond motifs is 1. The molecular weight excluding hydrogens is 544 g/mol. The van der Waals surface area contributed by atoms with Crippen LogP contribution in [0.4, 0.5) is 5.82 Å². The van der Waals surface area contributed by atoms with Crippen molar-refractivity contribution in [2.45, 2.75) is 68.8 Å². The summed E-state index contributed by atoms with van der Waals surface area (Å²) in [6, 6.07) is 2.80. The third kappa shape index (κ3) is 5.43. The zero-order chi connectivity index (χ0) is 28.7. The van der Waals surface area contributed by atoms with Gasteiger partial charge in [0, 0.05) is 25.1 Å². The topological polar surface area (TPSA) is 155 Å². The van der Waals surface area contributed by atoms with Gasteiger partial charge in [0.25, 0.3) is 5.56 Å². The van der Waals surface area contributed by atoms with E-state index in [9.17, 15) is 13.2 Å². The molecule has 0 unspecified atom stereocenters. The van der Waals surface area contributed by atoms with Crippen LogP contribution >= 0.6 is 0 Å². The molecular formula is C28H32N8O4S. The second-order valence-corrected chi connectivity index (χ2v) is 12.9. The molecule has 4 heterocycles. The van der Waals surface area contributed by atoms with Crippen molar-refractivity contribution in [1.29, 1.82) is 0 Å². The normalized spacial score (nSPS) is 16.2. The number of aromatic nitrogens is 7. The number of ether oxygens (including phenoxy) is 1. The second kappa shape index (κ2) is 10.9. The van der Waals surface area contributed by atoms with Crippen molar-refractivity contribution in [2.24, 2.45) is 0 Å². The first kappa shape index (κ1) is 27.3. The molecule has 6 rings (SSSR count). The first-order valence-corrected chi connectivity index (χ1v) is 15.5. The molecule has 2 saturated carbocycles. The van der Waals surface area contributed by atoms with Crippen LogP contribution in [-0.2, 0) is 21.1 Å². The van der Waals surface area contributed by atoms with E-state index < -0.39 is 9.84 Å². The minimum atomic E-state index is -3.35. The smallest absolute Gasteiger partial charge is 0.295 e. The molecule has 4 aromatic rings. The molecule has 214 valence electrons. The fourth-order valence-electron chi connectivity index (χ4n) is 4.98. The van der Waals surface area contributed by atoms with Gasteiger partial charge < -0.3 is 10.1 Å². The van der Waals surface area contributed by atoms with Gasteiger partial charge in [0.15, 0.2) is 27.1 Å². The van der Waals surface area contributed by atoms with Gasteiger partial charge in [0.1, 0.15) is 11.8 Å². The highest BCUT2D eigenvalue weighted by atomic mass is 32.2. The number of sulfone groups is 1. The van der Waals surface area contributed by atoms with Crippen LogP contribution in [0.2, 0.25) is 0 Å². The molecule has 13 heteroatoms. The van der Waals surface area contributed by atoms with E-state index in [4.69, 9.17) is 14.7 Å². The standard InChI is InChI=1S/C28H32N8O4S/c1-4-41(38,39)20-10-9-19(29-12-20)11-30-26-28(37)36(16(2)14-40-3)27-21(34-26)13-31-25(35-27)22-23(17-5-6-17)32-15-33-24(22)18-7-8-18/h9-10,12-13,15-18H,4-8,11,14H2,1-3H3,(H,30,34)/t16-/m1/s1. The maximum Gasteiger partial charge on any atom is 0.295 e. The van der Waals surface area contributed by atoms with Gasteiger partial charge in [0.2, 0.25) is 0 Å². The van der Waals surface area contributed by atoms with E-state index >= 15 is 0 Å². The Bertz CT molecular complexity index is 1740. The lowest BCUT2D eigenvalue weighted by molar-refractivity contribution is 0.162. The summed E-state index contributed by atoms with van der Waals surface area (Å²) < 4.78 is 31.2. The van der Waals surface area contributed by atoms with Crippen LogP contribution < -0.4 is 10.9 Å². The predicted octanol–water partition coefficient (Wildman–Crippen LogP) is 3.41. The Balaban J connectivity index is 1.39. The summed E-state index contributed by atoms with van der Waals surface area (Å²) in [5.41, 5.74) is 3.93. The van der Waals surface area contributed by atoms with E-state index in [1.165, 1.54) is 12.3 Å². The zero-order valence-electron chi connectivity index (χ0n) is 23.2. The van der Waals surface area contributed by atoms with Gasteiger partial charge in [-0.05, 0) is 44.7 Å². The Kier molecular flexibility index (Phi) is 7.24. The first-order valence-electron chi connectivity index (χ1n) is 13.9. The highest BCUT2D eigenvalue weighted by Crippen LogP contribution is 2.48. The third-order valence-electron chi connectivity index (χ3n) is 7.51. The molecule has 4 aromatic heterocycles. The molecule has 0 bridgehead atoms. The van der Waals surface area contributed by atoms with Crippen molar-refractivity contribution >= 4 is 26.8 Å². The highest BCUT2D eigenvalue weighted by Gasteiger charge is 2.35. The fraction of sp³-hybridized carbons (Fsp3) is 0.464. The lowest BCUT2D eigenvalue weighted by atomic mass is 10.0. The largest absolute Gasteiger partial charge is 0.383 e. The molecule has 1 atom stereocenters. The van der Waals surface area contributed by atoms with Crippen LogP contribution in [0.1, 0.15) is 74.5 Å². The van der Waals surface area contributed by atoms with Crippen LogP contribution in [0.25, 0.3) is 22.6 Å². The number of rotatable bonds is 11. The monoisotopic (exact) mass is 576 g/mol. The number of pyridine rings is 1. The lowest BCUT2D eigenvalue weighted by Crippen LogP contribution is -2.30. The minimum Gasteiger partial charge on any atom is -0.383 e. The number of methoxy groups -OCH3 is 1. The maximum absolute atomic E-state index is 13.8. The SMILES string of the molecule is CCS(=O)(=O)c1ccc(CNc2nc3cnc(-c4c(C5CC5)ncnc4C4CC4)nc3n([C@H](C)COC)c2=O)nc1. The van der Waals surface area contributed by atoms with E-state index in [-0.39, 0.29) is 34.6 Å². The number of nitrogens with one attached hydrogen (secondary N) is 1. The van der Waals surface area contributed by atoms with E-state index in [0.717, 1.165) is 42.6 Å². The van der Waals surface area contributed by atoms with Crippen molar-refractivity contribution in [2.75, 3.05) is 24.8 Å². The molecule has 0 amide bonds. The van der Waals surface area contributed by atoms with Crippen LogP contribution in [0.5, 0.6) is 0 Å². The first-order chi connectivity index (χ1) is 19.8. The molecule has 41 heavy (non-hydrogen) atoms. The van der Waals surface area contributed by atoms with Gasteiger partial charge >= 0.3 is 0 Å². The molecule has 2 fully saturated rings. The summed E-state index contributed by atoms with van der Waals surface area (Å²) >= 11 is 0.